The van der Waals surface area contributed by atoms with Gasteiger partial charge in [-0.3, -0.25) is 5.41 Å². The average molecular weight is 607 g/mol. The molecule has 42 heavy (non-hydrogen) atoms. The van der Waals surface area contributed by atoms with E-state index in [1.807, 2.05) is 0 Å². The molecular formula is C26H50N6O10. The third-order valence-electron chi connectivity index (χ3n) is 8.72. The number of nitrogens with one attached hydrogen (secondary N) is 4. The van der Waals surface area contributed by atoms with Crippen LogP contribution in [0.15, 0.2) is 0 Å². The summed E-state index contributed by atoms with van der Waals surface area (Å²) in [6, 6.07) is -2.77. The van der Waals surface area contributed by atoms with Crippen LogP contribution in [0, 0.1) is 5.41 Å². The van der Waals surface area contributed by atoms with Crippen molar-refractivity contribution in [1.82, 2.24) is 16.0 Å². The van der Waals surface area contributed by atoms with Gasteiger partial charge in [-0.05, 0) is 46.1 Å². The monoisotopic (exact) mass is 606 g/mol. The molecule has 16 heteroatoms. The number of aliphatic hydroxyl groups excluding tert-OH is 4. The molecule has 0 aromatic heterocycles. The molecule has 2 saturated heterocycles. The molecule has 14 N–H and O–H groups in total. The van der Waals surface area contributed by atoms with Crippen LogP contribution >= 0.6 is 0 Å². The van der Waals surface area contributed by atoms with Gasteiger partial charge < -0.3 is 77.0 Å². The van der Waals surface area contributed by atoms with Crippen LogP contribution in [0.3, 0.4) is 0 Å². The molecule has 2 aliphatic carbocycles. The molecule has 4 aliphatic rings. The van der Waals surface area contributed by atoms with Gasteiger partial charge in [0.2, 0.25) is 0 Å². The molecule has 0 bridgehead atoms. The molecule has 13 atom stereocenters. The van der Waals surface area contributed by atoms with Gasteiger partial charge >= 0.3 is 0 Å². The zero-order chi connectivity index (χ0) is 30.8. The molecule has 7 unspecified atom stereocenters. The van der Waals surface area contributed by atoms with Crippen molar-refractivity contribution >= 4 is 5.84 Å². The first-order chi connectivity index (χ1) is 19.8. The second-order valence-corrected chi connectivity index (χ2v) is 12.4. The fraction of sp³-hybridized carbons (Fsp3) is 0.962. The van der Waals surface area contributed by atoms with Gasteiger partial charge in [-0.25, -0.2) is 0 Å². The topological polar surface area (TPSA) is 270 Å². The molecular weight excluding hydrogens is 556 g/mol. The van der Waals surface area contributed by atoms with Crippen LogP contribution in [0.25, 0.3) is 0 Å². The summed E-state index contributed by atoms with van der Waals surface area (Å²) in [6.07, 6.45) is -5.86. The molecule has 2 heterocycles. The standard InChI is InChI=1S/C26H50N6O10/c1-25(37)11-39-23(18(36)21(25)30-2)42-20-16(32-24(29)26(38)5-6-26)7-15(28)19(17(20)35)41-22-14(27)4-3-13(40-22)9-31-8-12(34)10-33/h12-23,30-31,33-38H,3-11,27-28H2,1-2H3,(H2,29,32)/t12?,13-,14?,15-,16+,17?,18?,19?,20?,21+,22+,23+,25?/m0/s1. The van der Waals surface area contributed by atoms with Gasteiger partial charge in [0.15, 0.2) is 12.6 Å². The van der Waals surface area contributed by atoms with Crippen molar-refractivity contribution in [3.63, 3.8) is 0 Å². The highest BCUT2D eigenvalue weighted by atomic mass is 16.7. The van der Waals surface area contributed by atoms with Crippen molar-refractivity contribution in [2.24, 2.45) is 11.5 Å². The van der Waals surface area contributed by atoms with Crippen molar-refractivity contribution in [3.05, 3.63) is 0 Å². The first-order valence-corrected chi connectivity index (χ1v) is 14.7. The summed E-state index contributed by atoms with van der Waals surface area (Å²) in [5.41, 5.74) is 10.2. The number of aliphatic hydroxyl groups is 6. The summed E-state index contributed by atoms with van der Waals surface area (Å²) in [4.78, 5) is 0. The Bertz CT molecular complexity index is 900. The molecule has 0 radical (unpaired) electrons. The van der Waals surface area contributed by atoms with Crippen LogP contribution in [0.2, 0.25) is 0 Å². The third-order valence-corrected chi connectivity index (χ3v) is 8.72. The Kier molecular flexibility index (Phi) is 11.2. The van der Waals surface area contributed by atoms with E-state index in [1.54, 1.807) is 7.05 Å². The zero-order valence-electron chi connectivity index (χ0n) is 24.3. The smallest absolute Gasteiger partial charge is 0.185 e. The van der Waals surface area contributed by atoms with Crippen LogP contribution in [0.4, 0.5) is 0 Å². The van der Waals surface area contributed by atoms with Gasteiger partial charge in [0.25, 0.3) is 0 Å². The van der Waals surface area contributed by atoms with Crippen molar-refractivity contribution in [1.29, 1.82) is 5.41 Å². The molecule has 0 amide bonds. The zero-order valence-corrected chi connectivity index (χ0v) is 24.3. The molecule has 16 nitrogen and oxygen atoms in total. The second kappa shape index (κ2) is 13.9. The van der Waals surface area contributed by atoms with Gasteiger partial charge in [0, 0.05) is 19.1 Å². The fourth-order valence-electron chi connectivity index (χ4n) is 5.93. The van der Waals surface area contributed by atoms with E-state index in [9.17, 15) is 25.5 Å². The molecule has 4 fully saturated rings. The van der Waals surface area contributed by atoms with Crippen LogP contribution in [0.5, 0.6) is 0 Å². The number of nitrogens with two attached hydrogens (primary N) is 2. The summed E-state index contributed by atoms with van der Waals surface area (Å²) in [6.45, 7) is 1.60. The summed E-state index contributed by atoms with van der Waals surface area (Å²) in [7, 11) is 1.59. The maximum absolute atomic E-state index is 11.6. The number of hydrogen-bond donors (Lipinski definition) is 12. The van der Waals surface area contributed by atoms with Crippen LogP contribution in [0.1, 0.15) is 39.0 Å². The lowest BCUT2D eigenvalue weighted by molar-refractivity contribution is -0.307. The maximum Gasteiger partial charge on any atom is 0.185 e. The van der Waals surface area contributed by atoms with Gasteiger partial charge in [-0.15, -0.1) is 0 Å². The van der Waals surface area contributed by atoms with E-state index in [0.29, 0.717) is 32.2 Å². The first kappa shape index (κ1) is 33.8. The fourth-order valence-corrected chi connectivity index (χ4v) is 5.93. The summed E-state index contributed by atoms with van der Waals surface area (Å²) in [5, 5.41) is 79.5. The number of amidine groups is 1. The van der Waals surface area contributed by atoms with E-state index in [4.69, 9.17) is 40.9 Å². The maximum atomic E-state index is 11.6. The molecule has 4 rings (SSSR count). The Morgan fingerprint density at radius 1 is 1.07 bits per heavy atom. The molecule has 2 aliphatic heterocycles. The Hall–Kier alpha value is -1.09. The Morgan fingerprint density at radius 3 is 2.40 bits per heavy atom. The molecule has 0 aromatic rings. The van der Waals surface area contributed by atoms with E-state index in [2.05, 4.69) is 16.0 Å². The van der Waals surface area contributed by atoms with E-state index in [1.165, 1.54) is 6.92 Å². The molecule has 244 valence electrons. The van der Waals surface area contributed by atoms with E-state index < -0.39 is 78.5 Å². The largest absolute Gasteiger partial charge is 0.394 e. The Balaban J connectivity index is 1.47. The lowest BCUT2D eigenvalue weighted by Gasteiger charge is -2.49. The lowest BCUT2D eigenvalue weighted by Crippen LogP contribution is -2.69. The van der Waals surface area contributed by atoms with E-state index in [0.717, 1.165) is 0 Å². The molecule has 2 saturated carbocycles. The summed E-state index contributed by atoms with van der Waals surface area (Å²) < 4.78 is 24.1. The van der Waals surface area contributed by atoms with Gasteiger partial charge in [0.1, 0.15) is 41.5 Å². The highest BCUT2D eigenvalue weighted by Gasteiger charge is 2.53. The van der Waals surface area contributed by atoms with Gasteiger partial charge in [-0.2, -0.15) is 0 Å². The molecule has 0 spiro atoms. The predicted octanol–water partition coefficient (Wildman–Crippen LogP) is -4.86. The second-order valence-electron chi connectivity index (χ2n) is 12.4. The minimum absolute atomic E-state index is 0.111. The van der Waals surface area contributed by atoms with E-state index >= 15 is 0 Å². The van der Waals surface area contributed by atoms with Gasteiger partial charge in [0.05, 0.1) is 43.5 Å². The van der Waals surface area contributed by atoms with E-state index in [-0.39, 0.29) is 38.1 Å². The average Bonchev–Trinajstić information content (AvgIpc) is 3.69. The van der Waals surface area contributed by atoms with Gasteiger partial charge in [-0.1, -0.05) is 0 Å². The summed E-state index contributed by atoms with van der Waals surface area (Å²) >= 11 is 0. The lowest BCUT2D eigenvalue weighted by atomic mass is 9.83. The minimum Gasteiger partial charge on any atom is -0.394 e. The normalized spacial score (nSPS) is 44.4. The number of rotatable bonds is 12. The van der Waals surface area contributed by atoms with Crippen LogP contribution < -0.4 is 27.4 Å². The minimum atomic E-state index is -1.38. The Morgan fingerprint density at radius 2 is 1.76 bits per heavy atom. The number of ether oxygens (including phenoxy) is 4. The van der Waals surface area contributed by atoms with Crippen molar-refractivity contribution in [2.45, 2.75) is 124 Å². The Labute approximate surface area is 245 Å². The first-order valence-electron chi connectivity index (χ1n) is 14.7. The predicted molar refractivity (Wildman–Crippen MR) is 148 cm³/mol. The van der Waals surface area contributed by atoms with Crippen LogP contribution in [-0.2, 0) is 18.9 Å². The quantitative estimate of drug-likeness (QED) is 0.0733. The number of hydrogen-bond acceptors (Lipinski definition) is 15. The van der Waals surface area contributed by atoms with Crippen molar-refractivity contribution in [2.75, 3.05) is 33.4 Å². The highest BCUT2D eigenvalue weighted by molar-refractivity contribution is 5.90. The van der Waals surface area contributed by atoms with Crippen molar-refractivity contribution in [3.8, 4) is 0 Å². The van der Waals surface area contributed by atoms with Crippen molar-refractivity contribution < 1.29 is 49.6 Å². The van der Waals surface area contributed by atoms with Crippen LogP contribution in [-0.4, -0.2) is 154 Å². The third kappa shape index (κ3) is 7.76. The highest BCUT2D eigenvalue weighted by Crippen LogP contribution is 2.37. The molecule has 0 aromatic carbocycles. The number of likely N-dealkylation sites (N-methyl/N-ethyl adjacent to an activating group) is 1. The summed E-state index contributed by atoms with van der Waals surface area (Å²) in [5.74, 6) is -0.111. The SMILES string of the molecule is CN[C@@H]1C(O)[C@@H](OC2C(O)C(O[C@H]3O[C@H](CNCC(O)CO)CCC3N)[C@@H](N)C[C@H]2NC(=N)C2(O)CC2)OCC1(C)O.